The summed E-state index contributed by atoms with van der Waals surface area (Å²) in [6.07, 6.45) is -0.853. The topological polar surface area (TPSA) is 106 Å². The van der Waals surface area contributed by atoms with Crippen LogP contribution in [0.5, 0.6) is 0 Å². The van der Waals surface area contributed by atoms with Gasteiger partial charge >= 0.3 is 0 Å². The van der Waals surface area contributed by atoms with Crippen LogP contribution >= 0.6 is 0 Å². The maximum Gasteiger partial charge on any atom is 0.230 e. The molecule has 0 aliphatic rings. The average molecular weight is 308 g/mol. The van der Waals surface area contributed by atoms with E-state index in [-0.39, 0.29) is 18.9 Å². The number of quaternary nitrogens is 1. The lowest BCUT2D eigenvalue weighted by Gasteiger charge is -2.18. The third kappa shape index (κ3) is 5.46. The summed E-state index contributed by atoms with van der Waals surface area (Å²) in [6.45, 7) is 7.52. The molecular formula is C16H24N2O4. The minimum atomic E-state index is -1.31. The molecule has 0 unspecified atom stereocenters. The van der Waals surface area contributed by atoms with E-state index < -0.39 is 18.1 Å². The summed E-state index contributed by atoms with van der Waals surface area (Å²) >= 11 is 0. The first-order valence-electron chi connectivity index (χ1n) is 7.30. The first-order valence-corrected chi connectivity index (χ1v) is 7.30. The van der Waals surface area contributed by atoms with Crippen molar-refractivity contribution in [3.63, 3.8) is 0 Å². The second-order valence-corrected chi connectivity index (χ2v) is 5.77. The standard InChI is InChI=1S/C16H24N2O4/c1-9-5-10(2)15(11(3)6-9)18-14(20)7-13(16(21)22)17-8-12(4)19/h5-6,12-13,17,19H,7-8H2,1-4H3,(H,18,20)(H,21,22)/t12-,13+/m1/s1. The molecule has 6 heteroatoms. The fourth-order valence-electron chi connectivity index (χ4n) is 2.39. The van der Waals surface area contributed by atoms with Gasteiger partial charge in [-0.25, -0.2) is 0 Å². The quantitative estimate of drug-likeness (QED) is 0.601. The Morgan fingerprint density at radius 3 is 2.27 bits per heavy atom. The number of hydrogen-bond acceptors (Lipinski definition) is 4. The average Bonchev–Trinajstić information content (AvgIpc) is 2.38. The minimum absolute atomic E-state index is 0.203. The molecule has 0 fully saturated rings. The van der Waals surface area contributed by atoms with Gasteiger partial charge in [0.2, 0.25) is 5.91 Å². The van der Waals surface area contributed by atoms with Crippen LogP contribution in [0.4, 0.5) is 5.69 Å². The van der Waals surface area contributed by atoms with Gasteiger partial charge in [-0.15, -0.1) is 0 Å². The Morgan fingerprint density at radius 2 is 1.82 bits per heavy atom. The zero-order valence-electron chi connectivity index (χ0n) is 13.5. The first-order chi connectivity index (χ1) is 10.2. The van der Waals surface area contributed by atoms with Gasteiger partial charge in [-0.3, -0.25) is 4.79 Å². The van der Waals surface area contributed by atoms with Crippen molar-refractivity contribution in [2.45, 2.75) is 46.3 Å². The van der Waals surface area contributed by atoms with E-state index in [2.05, 4.69) is 5.32 Å². The van der Waals surface area contributed by atoms with Gasteiger partial charge in [0.1, 0.15) is 12.6 Å². The zero-order valence-corrected chi connectivity index (χ0v) is 13.5. The van der Waals surface area contributed by atoms with Gasteiger partial charge in [0.05, 0.1) is 18.5 Å². The molecule has 1 aromatic carbocycles. The summed E-state index contributed by atoms with van der Waals surface area (Å²) in [5, 5.41) is 24.5. The van der Waals surface area contributed by atoms with Crippen molar-refractivity contribution in [1.82, 2.24) is 0 Å². The molecule has 0 heterocycles. The molecule has 0 saturated heterocycles. The number of carbonyl (C=O) groups excluding carboxylic acids is 2. The predicted octanol–water partition coefficient (Wildman–Crippen LogP) is -0.997. The lowest BCUT2D eigenvalue weighted by Crippen LogP contribution is -2.94. The van der Waals surface area contributed by atoms with Gasteiger partial charge in [-0.05, 0) is 38.8 Å². The Hall–Kier alpha value is -1.92. The highest BCUT2D eigenvalue weighted by atomic mass is 16.4. The second kappa shape index (κ2) is 7.91. The Labute approximate surface area is 130 Å². The van der Waals surface area contributed by atoms with Crippen molar-refractivity contribution in [3.8, 4) is 0 Å². The van der Waals surface area contributed by atoms with Crippen LogP contribution in [0, 0.1) is 20.8 Å². The zero-order chi connectivity index (χ0) is 16.9. The number of aliphatic hydroxyl groups is 1. The van der Waals surface area contributed by atoms with E-state index in [1.807, 2.05) is 32.9 Å². The van der Waals surface area contributed by atoms with Crippen LogP contribution in [0.15, 0.2) is 12.1 Å². The molecule has 0 radical (unpaired) electrons. The largest absolute Gasteiger partial charge is 0.544 e. The first kappa shape index (κ1) is 18.1. The number of nitrogens with two attached hydrogens (primary N) is 1. The number of nitrogens with one attached hydrogen (secondary N) is 1. The summed E-state index contributed by atoms with van der Waals surface area (Å²) in [5.74, 6) is -1.70. The second-order valence-electron chi connectivity index (χ2n) is 5.77. The van der Waals surface area contributed by atoms with Crippen molar-refractivity contribution in [2.24, 2.45) is 0 Å². The monoisotopic (exact) mass is 308 g/mol. The summed E-state index contributed by atoms with van der Waals surface area (Å²) in [7, 11) is 0. The number of aliphatic hydroxyl groups excluding tert-OH is 1. The Kier molecular flexibility index (Phi) is 6.52. The molecule has 2 atom stereocenters. The molecule has 22 heavy (non-hydrogen) atoms. The van der Waals surface area contributed by atoms with Gasteiger partial charge in [0.25, 0.3) is 0 Å². The molecule has 6 nitrogen and oxygen atoms in total. The van der Waals surface area contributed by atoms with Crippen LogP contribution in [0.3, 0.4) is 0 Å². The number of hydrogen-bond donors (Lipinski definition) is 3. The van der Waals surface area contributed by atoms with E-state index in [0.29, 0.717) is 5.69 Å². The summed E-state index contributed by atoms with van der Waals surface area (Å²) < 4.78 is 0. The number of aryl methyl sites for hydroxylation is 3. The minimum Gasteiger partial charge on any atom is -0.544 e. The number of amides is 1. The van der Waals surface area contributed by atoms with Crippen LogP contribution in [0.25, 0.3) is 0 Å². The maximum atomic E-state index is 12.1. The van der Waals surface area contributed by atoms with Gasteiger partial charge < -0.3 is 25.6 Å². The smallest absolute Gasteiger partial charge is 0.230 e. The van der Waals surface area contributed by atoms with Crippen molar-refractivity contribution < 1.29 is 25.1 Å². The summed E-state index contributed by atoms with van der Waals surface area (Å²) in [5.41, 5.74) is 3.68. The molecule has 0 spiro atoms. The van der Waals surface area contributed by atoms with E-state index in [9.17, 15) is 19.8 Å². The lowest BCUT2D eigenvalue weighted by atomic mass is 10.0. The molecular weight excluding hydrogens is 284 g/mol. The highest BCUT2D eigenvalue weighted by Crippen LogP contribution is 2.22. The van der Waals surface area contributed by atoms with Crippen LogP contribution in [0.2, 0.25) is 0 Å². The maximum absolute atomic E-state index is 12.1. The molecule has 0 saturated carbocycles. The SMILES string of the molecule is Cc1cc(C)c(NC(=O)C[C@H]([NH2+]C[C@@H](C)O)C(=O)[O-])c(C)c1. The number of benzene rings is 1. The van der Waals surface area contributed by atoms with Gasteiger partial charge in [0, 0.05) is 5.69 Å². The van der Waals surface area contributed by atoms with E-state index in [1.165, 1.54) is 5.32 Å². The highest BCUT2D eigenvalue weighted by Gasteiger charge is 2.20. The lowest BCUT2D eigenvalue weighted by molar-refractivity contribution is -0.687. The Bertz CT molecular complexity index is 532. The fraction of sp³-hybridized carbons (Fsp3) is 0.500. The van der Waals surface area contributed by atoms with Gasteiger partial charge in [-0.1, -0.05) is 17.7 Å². The van der Waals surface area contributed by atoms with E-state index in [4.69, 9.17) is 0 Å². The van der Waals surface area contributed by atoms with Crippen LogP contribution < -0.4 is 15.7 Å². The van der Waals surface area contributed by atoms with E-state index >= 15 is 0 Å². The van der Waals surface area contributed by atoms with Gasteiger partial charge in [0.15, 0.2) is 0 Å². The number of anilines is 1. The summed E-state index contributed by atoms with van der Waals surface area (Å²) in [6, 6.07) is 2.90. The van der Waals surface area contributed by atoms with E-state index in [1.54, 1.807) is 6.92 Å². The highest BCUT2D eigenvalue weighted by molar-refractivity contribution is 5.94. The normalized spacial score (nSPS) is 13.5. The van der Waals surface area contributed by atoms with Crippen molar-refractivity contribution in [3.05, 3.63) is 28.8 Å². The molecule has 0 bridgehead atoms. The number of carboxylic acids is 1. The molecule has 0 aliphatic heterocycles. The molecule has 122 valence electrons. The Balaban J connectivity index is 2.74. The van der Waals surface area contributed by atoms with Crippen molar-refractivity contribution in [1.29, 1.82) is 0 Å². The fourth-order valence-corrected chi connectivity index (χ4v) is 2.39. The van der Waals surface area contributed by atoms with Gasteiger partial charge in [-0.2, -0.15) is 0 Å². The third-order valence-corrected chi connectivity index (χ3v) is 3.41. The summed E-state index contributed by atoms with van der Waals surface area (Å²) in [4.78, 5) is 23.2. The molecule has 0 aliphatic carbocycles. The molecule has 1 rings (SSSR count). The van der Waals surface area contributed by atoms with Crippen LogP contribution in [-0.2, 0) is 9.59 Å². The van der Waals surface area contributed by atoms with Crippen LogP contribution in [0.1, 0.15) is 30.0 Å². The number of carbonyl (C=O) groups is 2. The molecule has 1 aromatic rings. The van der Waals surface area contributed by atoms with E-state index in [0.717, 1.165) is 16.7 Å². The Morgan fingerprint density at radius 1 is 1.27 bits per heavy atom. The predicted molar refractivity (Wildman–Crippen MR) is 81.2 cm³/mol. The number of carboxylic acid groups (broad SMARTS) is 1. The van der Waals surface area contributed by atoms with Crippen molar-refractivity contribution in [2.75, 3.05) is 11.9 Å². The molecule has 4 N–H and O–H groups in total. The molecule has 0 aromatic heterocycles. The number of aliphatic carboxylic acids is 1. The number of rotatable bonds is 7. The molecule has 1 amide bonds. The van der Waals surface area contributed by atoms with Crippen molar-refractivity contribution >= 4 is 17.6 Å². The van der Waals surface area contributed by atoms with Crippen LogP contribution in [-0.4, -0.2) is 35.7 Å². The third-order valence-electron chi connectivity index (χ3n) is 3.41.